The number of carbonyl (C=O) groups is 1. The van der Waals surface area contributed by atoms with Gasteiger partial charge in [0, 0.05) is 10.6 Å². The summed E-state index contributed by atoms with van der Waals surface area (Å²) < 4.78 is 0. The number of anilines is 1. The molecule has 0 radical (unpaired) electrons. The van der Waals surface area contributed by atoms with Crippen molar-refractivity contribution < 1.29 is 4.79 Å². The van der Waals surface area contributed by atoms with Crippen LogP contribution in [0.5, 0.6) is 0 Å². The highest BCUT2D eigenvalue weighted by Gasteiger charge is 2.58. The first-order chi connectivity index (χ1) is 14.4. The van der Waals surface area contributed by atoms with E-state index in [0.717, 1.165) is 61.0 Å². The average molecular weight is 424 g/mol. The van der Waals surface area contributed by atoms with Gasteiger partial charge in [0.2, 0.25) is 5.91 Å². The topological polar surface area (TPSA) is 29.1 Å². The zero-order valence-corrected chi connectivity index (χ0v) is 18.7. The van der Waals surface area contributed by atoms with Crippen molar-refractivity contribution in [3.05, 3.63) is 29.8 Å². The molecule has 0 unspecified atom stereocenters. The third kappa shape index (κ3) is 2.71. The van der Waals surface area contributed by atoms with Gasteiger partial charge >= 0.3 is 0 Å². The highest BCUT2D eigenvalue weighted by Crippen LogP contribution is 2.64. The molecule has 9 rings (SSSR count). The van der Waals surface area contributed by atoms with Crippen LogP contribution in [0, 0.1) is 35.0 Å². The number of hydrogen-bond acceptors (Lipinski definition) is 1. The second kappa shape index (κ2) is 6.06. The van der Waals surface area contributed by atoms with E-state index < -0.39 is 0 Å². The number of amides is 1. The van der Waals surface area contributed by atoms with Crippen LogP contribution in [0.2, 0.25) is 0 Å². The van der Waals surface area contributed by atoms with Crippen molar-refractivity contribution in [2.24, 2.45) is 35.0 Å². The number of benzene rings is 1. The molecule has 0 aromatic heterocycles. The molecule has 160 valence electrons. The Morgan fingerprint density at radius 1 is 0.767 bits per heavy atom. The SMILES string of the molecule is O=C(Nc1ccc(C23C[C@@H]4C[C@H](CC(Cl)(C4)C2)C3)cc1)C12CC3CC(CC(C3)C1)C2. The molecule has 0 heterocycles. The Morgan fingerprint density at radius 2 is 1.30 bits per heavy atom. The fourth-order valence-corrected chi connectivity index (χ4v) is 10.7. The average Bonchev–Trinajstić information content (AvgIpc) is 2.65. The number of carbonyl (C=O) groups excluding carboxylic acids is 1. The van der Waals surface area contributed by atoms with Gasteiger partial charge in [-0.15, -0.1) is 11.6 Å². The van der Waals surface area contributed by atoms with Crippen LogP contribution in [0.1, 0.15) is 82.6 Å². The summed E-state index contributed by atoms with van der Waals surface area (Å²) in [4.78, 5) is 13.4. The number of nitrogens with one attached hydrogen (secondary N) is 1. The molecule has 2 atom stereocenters. The Balaban J connectivity index is 1.11. The van der Waals surface area contributed by atoms with E-state index >= 15 is 0 Å². The minimum atomic E-state index is -0.0711. The van der Waals surface area contributed by atoms with Gasteiger partial charge in [-0.25, -0.2) is 0 Å². The maximum Gasteiger partial charge on any atom is 0.230 e. The van der Waals surface area contributed by atoms with Gasteiger partial charge < -0.3 is 5.32 Å². The third-order valence-electron chi connectivity index (χ3n) is 10.3. The molecule has 30 heavy (non-hydrogen) atoms. The lowest BCUT2D eigenvalue weighted by Gasteiger charge is -2.60. The summed E-state index contributed by atoms with van der Waals surface area (Å²) in [5, 5.41) is 3.34. The maximum absolute atomic E-state index is 13.4. The van der Waals surface area contributed by atoms with E-state index in [1.807, 2.05) is 0 Å². The minimum absolute atomic E-state index is 0.0511. The van der Waals surface area contributed by atoms with Crippen molar-refractivity contribution in [1.82, 2.24) is 0 Å². The summed E-state index contributed by atoms with van der Waals surface area (Å²) in [6, 6.07) is 8.96. The van der Waals surface area contributed by atoms with E-state index in [0.29, 0.717) is 5.91 Å². The van der Waals surface area contributed by atoms with Gasteiger partial charge in [0.05, 0.1) is 5.41 Å². The van der Waals surface area contributed by atoms with E-state index in [1.165, 1.54) is 56.9 Å². The van der Waals surface area contributed by atoms with Crippen LogP contribution < -0.4 is 5.32 Å². The van der Waals surface area contributed by atoms with Crippen LogP contribution in [0.25, 0.3) is 0 Å². The van der Waals surface area contributed by atoms with E-state index in [-0.39, 0.29) is 15.7 Å². The minimum Gasteiger partial charge on any atom is -0.326 e. The maximum atomic E-state index is 13.4. The number of halogens is 1. The molecule has 3 heteroatoms. The predicted octanol–water partition coefficient (Wildman–Crippen LogP) is 6.67. The van der Waals surface area contributed by atoms with Crippen molar-refractivity contribution in [3.8, 4) is 0 Å². The molecule has 1 aromatic rings. The number of rotatable bonds is 3. The zero-order chi connectivity index (χ0) is 20.1. The van der Waals surface area contributed by atoms with Crippen molar-refractivity contribution in [1.29, 1.82) is 0 Å². The van der Waals surface area contributed by atoms with Gasteiger partial charge in [0.15, 0.2) is 0 Å². The van der Waals surface area contributed by atoms with Crippen molar-refractivity contribution in [3.63, 3.8) is 0 Å². The Kier molecular flexibility index (Phi) is 3.74. The van der Waals surface area contributed by atoms with E-state index in [2.05, 4.69) is 29.6 Å². The van der Waals surface area contributed by atoms with Crippen LogP contribution in [0.15, 0.2) is 24.3 Å². The van der Waals surface area contributed by atoms with Gasteiger partial charge in [-0.1, -0.05) is 12.1 Å². The van der Waals surface area contributed by atoms with Crippen LogP contribution >= 0.6 is 11.6 Å². The lowest BCUT2D eigenvalue weighted by molar-refractivity contribution is -0.140. The highest BCUT2D eigenvalue weighted by atomic mass is 35.5. The molecule has 1 amide bonds. The second-order valence-corrected chi connectivity index (χ2v) is 13.4. The standard InChI is InChI=1S/C27H34ClNO/c28-27-14-20-8-21(15-27)13-26(12-20,16-27)22-1-3-23(4-2-22)29-24(30)25-9-17-5-18(10-25)7-19(6-17)11-25/h1-4,17-21H,5-16H2,(H,29,30)/t17?,18?,19?,20-,21-,25?,26?,27?/m0/s1. The summed E-state index contributed by atoms with van der Waals surface area (Å²) in [5.74, 6) is 4.37. The predicted molar refractivity (Wildman–Crippen MR) is 121 cm³/mol. The molecule has 2 nitrogen and oxygen atoms in total. The lowest BCUT2D eigenvalue weighted by Crippen LogP contribution is -2.55. The summed E-state index contributed by atoms with van der Waals surface area (Å²) in [5.41, 5.74) is 2.67. The normalized spacial score (nSPS) is 50.1. The summed E-state index contributed by atoms with van der Waals surface area (Å²) in [6.45, 7) is 0. The first-order valence-electron chi connectivity index (χ1n) is 12.5. The molecule has 8 aliphatic rings. The molecule has 0 aliphatic heterocycles. The zero-order valence-electron chi connectivity index (χ0n) is 18.0. The Labute approximate surface area is 185 Å². The fraction of sp³-hybridized carbons (Fsp3) is 0.741. The number of alkyl halides is 1. The molecule has 8 aliphatic carbocycles. The van der Waals surface area contributed by atoms with Crippen LogP contribution in [-0.2, 0) is 10.2 Å². The largest absolute Gasteiger partial charge is 0.326 e. The van der Waals surface area contributed by atoms with Crippen molar-refractivity contribution >= 4 is 23.2 Å². The molecule has 1 aromatic carbocycles. The van der Waals surface area contributed by atoms with Crippen LogP contribution in [0.4, 0.5) is 5.69 Å². The van der Waals surface area contributed by atoms with E-state index in [9.17, 15) is 4.79 Å². The fourth-order valence-electron chi connectivity index (χ4n) is 10.0. The van der Waals surface area contributed by atoms with Gasteiger partial charge in [-0.2, -0.15) is 0 Å². The van der Waals surface area contributed by atoms with Crippen LogP contribution in [-0.4, -0.2) is 10.8 Å². The molecule has 0 saturated heterocycles. The van der Waals surface area contributed by atoms with Crippen molar-refractivity contribution in [2.45, 2.75) is 87.3 Å². The molecular weight excluding hydrogens is 390 g/mol. The van der Waals surface area contributed by atoms with Gasteiger partial charge in [-0.05, 0) is 130 Å². The van der Waals surface area contributed by atoms with Gasteiger partial charge in [0.25, 0.3) is 0 Å². The third-order valence-corrected chi connectivity index (χ3v) is 10.7. The van der Waals surface area contributed by atoms with Crippen LogP contribution in [0.3, 0.4) is 0 Å². The van der Waals surface area contributed by atoms with Crippen molar-refractivity contribution in [2.75, 3.05) is 5.32 Å². The van der Waals surface area contributed by atoms with Gasteiger partial charge in [0.1, 0.15) is 0 Å². The summed E-state index contributed by atoms with van der Waals surface area (Å²) >= 11 is 7.06. The molecule has 0 spiro atoms. The number of hydrogen-bond donors (Lipinski definition) is 1. The first kappa shape index (κ1) is 18.5. The monoisotopic (exact) mass is 423 g/mol. The summed E-state index contributed by atoms with van der Waals surface area (Å²) in [6.07, 6.45) is 15.2. The Morgan fingerprint density at radius 3 is 1.83 bits per heavy atom. The molecule has 8 fully saturated rings. The smallest absolute Gasteiger partial charge is 0.230 e. The molecule has 8 bridgehead atoms. The molecule has 8 saturated carbocycles. The quantitative estimate of drug-likeness (QED) is 0.540. The second-order valence-electron chi connectivity index (χ2n) is 12.6. The van der Waals surface area contributed by atoms with Gasteiger partial charge in [-0.3, -0.25) is 4.79 Å². The Bertz CT molecular complexity index is 839. The molecular formula is C27H34ClNO. The summed E-state index contributed by atoms with van der Waals surface area (Å²) in [7, 11) is 0. The van der Waals surface area contributed by atoms with E-state index in [1.54, 1.807) is 0 Å². The Hall–Kier alpha value is -1.02. The first-order valence-corrected chi connectivity index (χ1v) is 12.9. The lowest BCUT2D eigenvalue weighted by atomic mass is 9.47. The highest BCUT2D eigenvalue weighted by molar-refractivity contribution is 6.24. The molecule has 1 N–H and O–H groups in total. The van der Waals surface area contributed by atoms with E-state index in [4.69, 9.17) is 11.6 Å².